The zero-order valence-corrected chi connectivity index (χ0v) is 20.0. The number of benzene rings is 2. The summed E-state index contributed by atoms with van der Waals surface area (Å²) in [6.45, 7) is 6.33. The van der Waals surface area contributed by atoms with Crippen LogP contribution in [-0.4, -0.2) is 76.0 Å². The molecule has 2 aromatic carbocycles. The van der Waals surface area contributed by atoms with Gasteiger partial charge in [-0.25, -0.2) is 4.98 Å². The maximum atomic E-state index is 13.3. The molecule has 1 amide bonds. The topological polar surface area (TPSA) is 73.4 Å². The third-order valence-corrected chi connectivity index (χ3v) is 6.80. The number of rotatable bonds is 9. The van der Waals surface area contributed by atoms with Gasteiger partial charge in [0.1, 0.15) is 22.8 Å². The highest BCUT2D eigenvalue weighted by molar-refractivity contribution is 7.22. The predicted octanol–water partition coefficient (Wildman–Crippen LogP) is 3.37. The number of amides is 1. The molecule has 0 spiro atoms. The van der Waals surface area contributed by atoms with Crippen LogP contribution in [-0.2, 0) is 9.53 Å². The summed E-state index contributed by atoms with van der Waals surface area (Å²) in [7, 11) is 3.23. The summed E-state index contributed by atoms with van der Waals surface area (Å²) in [6.07, 6.45) is 0. The predicted molar refractivity (Wildman–Crippen MR) is 129 cm³/mol. The lowest BCUT2D eigenvalue weighted by Gasteiger charge is -2.29. The van der Waals surface area contributed by atoms with Gasteiger partial charge in [-0.1, -0.05) is 23.5 Å². The second-order valence-electron chi connectivity index (χ2n) is 7.73. The van der Waals surface area contributed by atoms with Crippen molar-refractivity contribution in [1.82, 2.24) is 9.88 Å². The lowest BCUT2D eigenvalue weighted by Crippen LogP contribution is -2.44. The molecule has 33 heavy (non-hydrogen) atoms. The highest BCUT2D eigenvalue weighted by Gasteiger charge is 2.23. The molecule has 0 N–H and O–H groups in total. The van der Waals surface area contributed by atoms with Crippen molar-refractivity contribution in [1.29, 1.82) is 0 Å². The summed E-state index contributed by atoms with van der Waals surface area (Å²) in [6, 6.07) is 11.1. The molecule has 0 saturated carbocycles. The minimum absolute atomic E-state index is 0.0949. The van der Waals surface area contributed by atoms with Gasteiger partial charge >= 0.3 is 0 Å². The van der Waals surface area contributed by atoms with Crippen LogP contribution in [0.2, 0.25) is 0 Å². The van der Waals surface area contributed by atoms with E-state index in [0.29, 0.717) is 42.1 Å². The Bertz CT molecular complexity index is 1100. The van der Waals surface area contributed by atoms with Gasteiger partial charge in [-0.05, 0) is 30.7 Å². The Morgan fingerprint density at radius 1 is 1.15 bits per heavy atom. The molecule has 2 heterocycles. The molecule has 4 rings (SSSR count). The van der Waals surface area contributed by atoms with E-state index in [1.54, 1.807) is 31.3 Å². The average Bonchev–Trinajstić information content (AvgIpc) is 3.30. The number of ether oxygens (including phenoxy) is 4. The van der Waals surface area contributed by atoms with Gasteiger partial charge in [-0.3, -0.25) is 14.6 Å². The zero-order valence-electron chi connectivity index (χ0n) is 19.2. The van der Waals surface area contributed by atoms with Crippen LogP contribution in [0, 0.1) is 6.92 Å². The standard InChI is InChI=1S/C24H29N3O5S/c1-17-7-8-20(30-3)22-23(17)33-24(25-22)27(10-9-26-11-13-31-14-12-26)21(28)16-32-19-6-4-5-18(15-19)29-2/h4-8,15H,9-14,16H2,1-3H3. The first-order chi connectivity index (χ1) is 16.1. The molecule has 1 saturated heterocycles. The van der Waals surface area contributed by atoms with E-state index < -0.39 is 0 Å². The highest BCUT2D eigenvalue weighted by Crippen LogP contribution is 2.36. The average molecular weight is 472 g/mol. The highest BCUT2D eigenvalue weighted by atomic mass is 32.1. The maximum absolute atomic E-state index is 13.3. The van der Waals surface area contributed by atoms with Gasteiger partial charge < -0.3 is 18.9 Å². The minimum atomic E-state index is -0.151. The van der Waals surface area contributed by atoms with Gasteiger partial charge in [-0.2, -0.15) is 0 Å². The molecule has 1 aromatic heterocycles. The van der Waals surface area contributed by atoms with Crippen molar-refractivity contribution in [3.8, 4) is 17.2 Å². The van der Waals surface area contributed by atoms with E-state index in [9.17, 15) is 4.79 Å². The van der Waals surface area contributed by atoms with Gasteiger partial charge in [0.05, 0.1) is 32.1 Å². The molecule has 1 aliphatic heterocycles. The Kier molecular flexibility index (Phi) is 7.64. The first kappa shape index (κ1) is 23.3. The second-order valence-corrected chi connectivity index (χ2v) is 8.70. The van der Waals surface area contributed by atoms with Gasteiger partial charge in [-0.15, -0.1) is 0 Å². The number of nitrogens with zero attached hydrogens (tertiary/aromatic N) is 3. The number of aryl methyl sites for hydroxylation is 1. The van der Waals surface area contributed by atoms with Crippen LogP contribution in [0.1, 0.15) is 5.56 Å². The van der Waals surface area contributed by atoms with Crippen LogP contribution in [0.5, 0.6) is 17.2 Å². The van der Waals surface area contributed by atoms with E-state index >= 15 is 0 Å². The van der Waals surface area contributed by atoms with Crippen LogP contribution < -0.4 is 19.1 Å². The fourth-order valence-electron chi connectivity index (χ4n) is 3.69. The number of aromatic nitrogens is 1. The first-order valence-electron chi connectivity index (χ1n) is 10.9. The van der Waals surface area contributed by atoms with Crippen molar-refractivity contribution in [2.24, 2.45) is 0 Å². The summed E-state index contributed by atoms with van der Waals surface area (Å²) in [5.74, 6) is 1.81. The van der Waals surface area contributed by atoms with Crippen LogP contribution in [0.15, 0.2) is 36.4 Å². The Balaban J connectivity index is 1.56. The molecule has 176 valence electrons. The lowest BCUT2D eigenvalue weighted by atomic mass is 10.2. The third kappa shape index (κ3) is 5.55. The largest absolute Gasteiger partial charge is 0.497 e. The number of morpholine rings is 1. The number of anilines is 1. The van der Waals surface area contributed by atoms with E-state index in [0.717, 1.165) is 35.4 Å². The molecule has 0 atom stereocenters. The number of hydrogen-bond donors (Lipinski definition) is 0. The van der Waals surface area contributed by atoms with Crippen LogP contribution in [0.3, 0.4) is 0 Å². The van der Waals surface area contributed by atoms with Crippen molar-refractivity contribution in [3.63, 3.8) is 0 Å². The van der Waals surface area contributed by atoms with Gasteiger partial charge in [0, 0.05) is 32.2 Å². The van der Waals surface area contributed by atoms with Crippen molar-refractivity contribution in [3.05, 3.63) is 42.0 Å². The SMILES string of the molecule is COc1cccc(OCC(=O)N(CCN2CCOCC2)c2nc3c(OC)ccc(C)c3s2)c1. The van der Waals surface area contributed by atoms with E-state index in [-0.39, 0.29) is 12.5 Å². The number of methoxy groups -OCH3 is 2. The summed E-state index contributed by atoms with van der Waals surface area (Å²) in [4.78, 5) is 22.1. The van der Waals surface area contributed by atoms with Gasteiger partial charge in [0.15, 0.2) is 11.7 Å². The maximum Gasteiger partial charge on any atom is 0.266 e. The smallest absolute Gasteiger partial charge is 0.266 e. The summed E-state index contributed by atoms with van der Waals surface area (Å²) < 4.78 is 23.0. The molecule has 0 unspecified atom stereocenters. The monoisotopic (exact) mass is 471 g/mol. The van der Waals surface area contributed by atoms with E-state index in [1.807, 2.05) is 31.2 Å². The molecular formula is C24H29N3O5S. The minimum Gasteiger partial charge on any atom is -0.497 e. The molecule has 8 nitrogen and oxygen atoms in total. The van der Waals surface area contributed by atoms with E-state index in [1.165, 1.54) is 11.3 Å². The molecule has 3 aromatic rings. The molecule has 1 aliphatic rings. The van der Waals surface area contributed by atoms with Crippen LogP contribution in [0.4, 0.5) is 5.13 Å². The normalized spacial score (nSPS) is 14.3. The number of hydrogen-bond acceptors (Lipinski definition) is 8. The zero-order chi connectivity index (χ0) is 23.2. The Morgan fingerprint density at radius 2 is 1.94 bits per heavy atom. The number of thiazole rings is 1. The second kappa shape index (κ2) is 10.8. The number of carbonyl (C=O) groups excluding carboxylic acids is 1. The third-order valence-electron chi connectivity index (χ3n) is 5.59. The first-order valence-corrected chi connectivity index (χ1v) is 11.7. The van der Waals surface area contributed by atoms with Gasteiger partial charge in [0.2, 0.25) is 0 Å². The molecule has 0 radical (unpaired) electrons. The molecule has 9 heteroatoms. The summed E-state index contributed by atoms with van der Waals surface area (Å²) in [5.41, 5.74) is 1.87. The van der Waals surface area contributed by atoms with Crippen molar-refractivity contribution >= 4 is 32.6 Å². The quantitative estimate of drug-likeness (QED) is 0.474. The Labute approximate surface area is 197 Å². The Hall–Kier alpha value is -2.88. The Morgan fingerprint density at radius 3 is 2.70 bits per heavy atom. The van der Waals surface area contributed by atoms with E-state index in [4.69, 9.17) is 23.9 Å². The molecule has 1 fully saturated rings. The number of fused-ring (bicyclic) bond motifs is 1. The van der Waals surface area contributed by atoms with Crippen LogP contribution >= 0.6 is 11.3 Å². The van der Waals surface area contributed by atoms with Crippen molar-refractivity contribution in [2.75, 3.05) is 65.1 Å². The molecule has 0 bridgehead atoms. The fraction of sp³-hybridized carbons (Fsp3) is 0.417. The summed E-state index contributed by atoms with van der Waals surface area (Å²) in [5, 5.41) is 0.644. The van der Waals surface area contributed by atoms with Crippen LogP contribution in [0.25, 0.3) is 10.2 Å². The molecule has 0 aliphatic carbocycles. The summed E-state index contributed by atoms with van der Waals surface area (Å²) >= 11 is 1.50. The van der Waals surface area contributed by atoms with Gasteiger partial charge in [0.25, 0.3) is 5.91 Å². The molecular weight excluding hydrogens is 442 g/mol. The van der Waals surface area contributed by atoms with Crippen molar-refractivity contribution < 1.29 is 23.7 Å². The van der Waals surface area contributed by atoms with Crippen molar-refractivity contribution in [2.45, 2.75) is 6.92 Å². The lowest BCUT2D eigenvalue weighted by molar-refractivity contribution is -0.120. The van der Waals surface area contributed by atoms with E-state index in [2.05, 4.69) is 4.90 Å². The number of carbonyl (C=O) groups is 1. The fourth-order valence-corrected chi connectivity index (χ4v) is 4.78.